The first kappa shape index (κ1) is 20.9. The fourth-order valence-corrected chi connectivity index (χ4v) is 3.70. The van der Waals surface area contributed by atoms with Crippen LogP contribution in [0.15, 0.2) is 60.9 Å². The second kappa shape index (κ2) is 10.1. The summed E-state index contributed by atoms with van der Waals surface area (Å²) in [4.78, 5) is 23.2. The molecular weight excluding hydrogens is 393 g/mol. The maximum Gasteiger partial charge on any atom is 0.251 e. The summed E-state index contributed by atoms with van der Waals surface area (Å²) in [5.41, 5.74) is 2.73. The van der Waals surface area contributed by atoms with E-state index in [9.17, 15) is 9.18 Å². The molecule has 1 amide bonds. The molecule has 4 rings (SSSR count). The Labute approximate surface area is 181 Å². The van der Waals surface area contributed by atoms with Crippen LogP contribution in [0.5, 0.6) is 0 Å². The van der Waals surface area contributed by atoms with Gasteiger partial charge in [-0.05, 0) is 75.3 Å². The van der Waals surface area contributed by atoms with Crippen LogP contribution in [0.2, 0.25) is 0 Å². The first-order chi connectivity index (χ1) is 15.2. The van der Waals surface area contributed by atoms with Crippen molar-refractivity contribution in [3.8, 4) is 11.3 Å². The third-order valence-corrected chi connectivity index (χ3v) is 5.34. The SMILES string of the molecule is O=C(NCCCN1CCCC1)c1ccc(Nc2cc(-c3cccc(F)c3)ncn2)cc1. The quantitative estimate of drug-likeness (QED) is 0.535. The van der Waals surface area contributed by atoms with Gasteiger partial charge in [0.25, 0.3) is 5.91 Å². The van der Waals surface area contributed by atoms with Gasteiger partial charge < -0.3 is 15.5 Å². The van der Waals surface area contributed by atoms with Crippen molar-refractivity contribution >= 4 is 17.4 Å². The number of anilines is 2. The van der Waals surface area contributed by atoms with Crippen LogP contribution in [0, 0.1) is 5.82 Å². The van der Waals surface area contributed by atoms with Gasteiger partial charge in [0.1, 0.15) is 18.0 Å². The largest absolute Gasteiger partial charge is 0.352 e. The van der Waals surface area contributed by atoms with Crippen molar-refractivity contribution in [2.24, 2.45) is 0 Å². The van der Waals surface area contributed by atoms with Gasteiger partial charge in [-0.3, -0.25) is 4.79 Å². The van der Waals surface area contributed by atoms with Gasteiger partial charge in [-0.1, -0.05) is 12.1 Å². The van der Waals surface area contributed by atoms with Crippen LogP contribution in [0.4, 0.5) is 15.9 Å². The molecule has 3 aromatic rings. The van der Waals surface area contributed by atoms with Crippen molar-refractivity contribution in [1.82, 2.24) is 20.2 Å². The molecule has 6 nitrogen and oxygen atoms in total. The average molecular weight is 420 g/mol. The Bertz CT molecular complexity index is 1020. The highest BCUT2D eigenvalue weighted by atomic mass is 19.1. The third kappa shape index (κ3) is 5.86. The number of benzene rings is 2. The zero-order valence-corrected chi connectivity index (χ0v) is 17.4. The lowest BCUT2D eigenvalue weighted by molar-refractivity contribution is 0.0952. The van der Waals surface area contributed by atoms with Gasteiger partial charge in [0, 0.05) is 29.4 Å². The van der Waals surface area contributed by atoms with E-state index in [2.05, 4.69) is 25.5 Å². The molecule has 0 spiro atoms. The topological polar surface area (TPSA) is 70.2 Å². The number of nitrogens with one attached hydrogen (secondary N) is 2. The summed E-state index contributed by atoms with van der Waals surface area (Å²) in [6, 6.07) is 15.3. The summed E-state index contributed by atoms with van der Waals surface area (Å²) in [7, 11) is 0. The molecule has 0 saturated carbocycles. The zero-order chi connectivity index (χ0) is 21.5. The molecule has 2 N–H and O–H groups in total. The number of amides is 1. The number of hydrogen-bond donors (Lipinski definition) is 2. The van der Waals surface area contributed by atoms with Gasteiger partial charge >= 0.3 is 0 Å². The van der Waals surface area contributed by atoms with E-state index in [1.165, 1.54) is 44.4 Å². The van der Waals surface area contributed by atoms with Gasteiger partial charge in [0.15, 0.2) is 0 Å². The van der Waals surface area contributed by atoms with Crippen LogP contribution >= 0.6 is 0 Å². The minimum atomic E-state index is -0.310. The minimum absolute atomic E-state index is 0.0663. The Kier molecular flexibility index (Phi) is 6.84. The third-order valence-electron chi connectivity index (χ3n) is 5.34. The highest BCUT2D eigenvalue weighted by Gasteiger charge is 2.11. The lowest BCUT2D eigenvalue weighted by Gasteiger charge is -2.14. The van der Waals surface area contributed by atoms with Crippen LogP contribution < -0.4 is 10.6 Å². The fraction of sp³-hybridized carbons (Fsp3) is 0.292. The first-order valence-corrected chi connectivity index (χ1v) is 10.6. The Hall–Kier alpha value is -3.32. The monoisotopic (exact) mass is 419 g/mol. The highest BCUT2D eigenvalue weighted by Crippen LogP contribution is 2.22. The van der Waals surface area contributed by atoms with Gasteiger partial charge in [0.2, 0.25) is 0 Å². The summed E-state index contributed by atoms with van der Waals surface area (Å²) in [6.45, 7) is 4.08. The molecule has 1 fully saturated rings. The second-order valence-corrected chi connectivity index (χ2v) is 7.66. The van der Waals surface area contributed by atoms with Crippen LogP contribution in [0.3, 0.4) is 0 Å². The highest BCUT2D eigenvalue weighted by molar-refractivity contribution is 5.94. The molecule has 0 aliphatic carbocycles. The zero-order valence-electron chi connectivity index (χ0n) is 17.4. The lowest BCUT2D eigenvalue weighted by Crippen LogP contribution is -2.28. The van der Waals surface area contributed by atoms with Crippen molar-refractivity contribution < 1.29 is 9.18 Å². The van der Waals surface area contributed by atoms with E-state index in [1.807, 2.05) is 12.1 Å². The molecule has 1 aromatic heterocycles. The summed E-state index contributed by atoms with van der Waals surface area (Å²) >= 11 is 0. The molecule has 31 heavy (non-hydrogen) atoms. The van der Waals surface area contributed by atoms with Gasteiger partial charge in [-0.2, -0.15) is 0 Å². The van der Waals surface area contributed by atoms with E-state index in [0.717, 1.165) is 18.7 Å². The molecule has 2 aromatic carbocycles. The first-order valence-electron chi connectivity index (χ1n) is 10.6. The average Bonchev–Trinajstić information content (AvgIpc) is 3.31. The standard InChI is InChI=1S/C24H26FN5O/c25-20-6-3-5-19(15-20)22-16-23(28-17-27-22)29-21-9-7-18(8-10-21)24(31)26-11-4-14-30-12-1-2-13-30/h3,5-10,15-17H,1-2,4,11-14H2,(H,26,31)(H,27,28,29). The molecule has 160 valence electrons. The van der Waals surface area contributed by atoms with Gasteiger partial charge in [-0.25, -0.2) is 14.4 Å². The molecular formula is C24H26FN5O. The molecule has 2 heterocycles. The van der Waals surface area contributed by atoms with E-state index in [4.69, 9.17) is 0 Å². The number of aromatic nitrogens is 2. The van der Waals surface area contributed by atoms with E-state index >= 15 is 0 Å². The molecule has 1 saturated heterocycles. The predicted molar refractivity (Wildman–Crippen MR) is 120 cm³/mol. The lowest BCUT2D eigenvalue weighted by atomic mass is 10.1. The van der Waals surface area contributed by atoms with Gasteiger partial charge in [0.05, 0.1) is 5.69 Å². The van der Waals surface area contributed by atoms with Crippen LogP contribution in [0.25, 0.3) is 11.3 Å². The van der Waals surface area contributed by atoms with E-state index in [1.54, 1.807) is 30.3 Å². The van der Waals surface area contributed by atoms with Crippen LogP contribution in [-0.4, -0.2) is 47.0 Å². The van der Waals surface area contributed by atoms with E-state index < -0.39 is 0 Å². The second-order valence-electron chi connectivity index (χ2n) is 7.66. The fourth-order valence-electron chi connectivity index (χ4n) is 3.70. The Morgan fingerprint density at radius 3 is 2.61 bits per heavy atom. The number of carbonyl (C=O) groups excluding carboxylic acids is 1. The maximum absolute atomic E-state index is 13.5. The normalized spacial score (nSPS) is 13.8. The van der Waals surface area contributed by atoms with Crippen molar-refractivity contribution in [2.75, 3.05) is 31.5 Å². The Balaban J connectivity index is 1.31. The van der Waals surface area contributed by atoms with Crippen LogP contribution in [-0.2, 0) is 0 Å². The maximum atomic E-state index is 13.5. The number of likely N-dealkylation sites (tertiary alicyclic amines) is 1. The molecule has 0 unspecified atom stereocenters. The predicted octanol–water partition coefficient (Wildman–Crippen LogP) is 4.24. The molecule has 0 atom stereocenters. The van der Waals surface area contributed by atoms with Crippen molar-refractivity contribution in [3.63, 3.8) is 0 Å². The van der Waals surface area contributed by atoms with Crippen molar-refractivity contribution in [3.05, 3.63) is 72.3 Å². The minimum Gasteiger partial charge on any atom is -0.352 e. The molecule has 0 radical (unpaired) electrons. The Morgan fingerprint density at radius 2 is 1.84 bits per heavy atom. The Morgan fingerprint density at radius 1 is 1.03 bits per heavy atom. The van der Waals surface area contributed by atoms with E-state index in [-0.39, 0.29) is 11.7 Å². The van der Waals surface area contributed by atoms with Crippen molar-refractivity contribution in [1.29, 1.82) is 0 Å². The van der Waals surface area contributed by atoms with Gasteiger partial charge in [-0.15, -0.1) is 0 Å². The van der Waals surface area contributed by atoms with Crippen LogP contribution in [0.1, 0.15) is 29.6 Å². The number of rotatable bonds is 8. The molecule has 1 aliphatic heterocycles. The molecule has 7 heteroatoms. The number of carbonyl (C=O) groups is 1. The molecule has 1 aliphatic rings. The molecule has 0 bridgehead atoms. The van der Waals surface area contributed by atoms with E-state index in [0.29, 0.717) is 29.2 Å². The summed E-state index contributed by atoms with van der Waals surface area (Å²) in [5.74, 6) is 0.215. The summed E-state index contributed by atoms with van der Waals surface area (Å²) in [6.07, 6.45) is 4.97. The number of halogens is 1. The summed E-state index contributed by atoms with van der Waals surface area (Å²) in [5, 5.41) is 6.18. The number of nitrogens with zero attached hydrogens (tertiary/aromatic N) is 3. The smallest absolute Gasteiger partial charge is 0.251 e. The summed E-state index contributed by atoms with van der Waals surface area (Å²) < 4.78 is 13.5. The number of hydrogen-bond acceptors (Lipinski definition) is 5. The van der Waals surface area contributed by atoms with Crippen molar-refractivity contribution in [2.45, 2.75) is 19.3 Å².